The number of allylic oxidation sites excluding steroid dienone is 1. The van der Waals surface area contributed by atoms with Crippen LogP contribution in [-0.4, -0.2) is 33.5 Å². The van der Waals surface area contributed by atoms with Gasteiger partial charge in [0.05, 0.1) is 5.69 Å². The Labute approximate surface area is 126 Å². The van der Waals surface area contributed by atoms with Gasteiger partial charge in [-0.2, -0.15) is 0 Å². The standard InChI is InChI=1S/C13H17N7S/c1-15-12-19-20-13(21-12)16-9-4-2-8(3-5-9)10-6-7-11(14)18-17-10/h2,6-7,9H,3-5H2,1H3,(H2,14,18)(H,15,19)(H,16,20)/t9-/m1/s1. The highest BCUT2D eigenvalue weighted by Crippen LogP contribution is 2.28. The smallest absolute Gasteiger partial charge is 0.207 e. The highest BCUT2D eigenvalue weighted by atomic mass is 32.1. The fraction of sp³-hybridized carbons (Fsp3) is 0.385. The number of hydrogen-bond donors (Lipinski definition) is 3. The zero-order valence-electron chi connectivity index (χ0n) is 11.7. The van der Waals surface area contributed by atoms with Gasteiger partial charge in [-0.25, -0.2) is 0 Å². The Balaban J connectivity index is 1.62. The van der Waals surface area contributed by atoms with Gasteiger partial charge in [0, 0.05) is 13.1 Å². The van der Waals surface area contributed by atoms with Gasteiger partial charge in [0.25, 0.3) is 0 Å². The minimum atomic E-state index is 0.383. The van der Waals surface area contributed by atoms with Gasteiger partial charge in [0.1, 0.15) is 5.82 Å². The van der Waals surface area contributed by atoms with Crippen LogP contribution in [0.15, 0.2) is 18.2 Å². The fourth-order valence-corrected chi connectivity index (χ4v) is 2.94. The second-order valence-corrected chi connectivity index (χ2v) is 5.83. The molecule has 21 heavy (non-hydrogen) atoms. The summed E-state index contributed by atoms with van der Waals surface area (Å²) in [7, 11) is 1.84. The molecular weight excluding hydrogens is 286 g/mol. The van der Waals surface area contributed by atoms with Gasteiger partial charge >= 0.3 is 0 Å². The van der Waals surface area contributed by atoms with E-state index in [1.807, 2.05) is 13.1 Å². The Bertz CT molecular complexity index is 634. The lowest BCUT2D eigenvalue weighted by molar-refractivity contribution is 0.650. The molecule has 1 aliphatic rings. The summed E-state index contributed by atoms with van der Waals surface area (Å²) in [5.41, 5.74) is 7.70. The van der Waals surface area contributed by atoms with Crippen molar-refractivity contribution in [3.8, 4) is 0 Å². The van der Waals surface area contributed by atoms with E-state index in [-0.39, 0.29) is 0 Å². The summed E-state index contributed by atoms with van der Waals surface area (Å²) < 4.78 is 0. The Morgan fingerprint density at radius 3 is 2.67 bits per heavy atom. The maximum absolute atomic E-state index is 5.56. The van der Waals surface area contributed by atoms with E-state index in [1.165, 1.54) is 16.9 Å². The molecule has 3 rings (SSSR count). The van der Waals surface area contributed by atoms with Crippen molar-refractivity contribution in [2.75, 3.05) is 23.4 Å². The Morgan fingerprint density at radius 1 is 1.19 bits per heavy atom. The van der Waals surface area contributed by atoms with Crippen LogP contribution in [0, 0.1) is 0 Å². The predicted octanol–water partition coefficient (Wildman–Crippen LogP) is 2.00. The van der Waals surface area contributed by atoms with Crippen molar-refractivity contribution in [1.82, 2.24) is 20.4 Å². The average molecular weight is 303 g/mol. The molecule has 2 heterocycles. The van der Waals surface area contributed by atoms with E-state index in [1.54, 1.807) is 6.07 Å². The second kappa shape index (κ2) is 6.04. The molecule has 0 unspecified atom stereocenters. The molecule has 0 radical (unpaired) electrons. The molecule has 8 heteroatoms. The minimum absolute atomic E-state index is 0.383. The molecule has 2 aromatic heterocycles. The van der Waals surface area contributed by atoms with Crippen LogP contribution in [0.1, 0.15) is 25.0 Å². The molecule has 0 saturated carbocycles. The van der Waals surface area contributed by atoms with Gasteiger partial charge in [-0.1, -0.05) is 17.4 Å². The number of hydrogen-bond acceptors (Lipinski definition) is 8. The summed E-state index contributed by atoms with van der Waals surface area (Å²) in [5, 5.41) is 24.2. The number of nitrogen functional groups attached to an aromatic ring is 1. The highest BCUT2D eigenvalue weighted by molar-refractivity contribution is 7.19. The first-order valence-electron chi connectivity index (χ1n) is 6.81. The maximum Gasteiger partial charge on any atom is 0.207 e. The van der Waals surface area contributed by atoms with Crippen LogP contribution in [0.3, 0.4) is 0 Å². The molecule has 0 spiro atoms. The fourth-order valence-electron chi connectivity index (χ4n) is 2.27. The molecule has 110 valence electrons. The zero-order chi connectivity index (χ0) is 14.7. The summed E-state index contributed by atoms with van der Waals surface area (Å²) >= 11 is 1.52. The molecule has 0 saturated heterocycles. The summed E-state index contributed by atoms with van der Waals surface area (Å²) in [5.74, 6) is 0.450. The molecule has 0 amide bonds. The van der Waals surface area contributed by atoms with E-state index in [0.717, 1.165) is 35.2 Å². The second-order valence-electron chi connectivity index (χ2n) is 4.85. The minimum Gasteiger partial charge on any atom is -0.382 e. The monoisotopic (exact) mass is 303 g/mol. The van der Waals surface area contributed by atoms with Crippen LogP contribution >= 0.6 is 11.3 Å². The molecule has 0 aromatic carbocycles. The van der Waals surface area contributed by atoms with E-state index < -0.39 is 0 Å². The lowest BCUT2D eigenvalue weighted by Gasteiger charge is -2.22. The lowest BCUT2D eigenvalue weighted by atomic mass is 9.93. The zero-order valence-corrected chi connectivity index (χ0v) is 12.5. The molecule has 0 aliphatic heterocycles. The van der Waals surface area contributed by atoms with Crippen molar-refractivity contribution in [1.29, 1.82) is 0 Å². The number of aromatic nitrogens is 4. The quantitative estimate of drug-likeness (QED) is 0.794. The molecule has 4 N–H and O–H groups in total. The van der Waals surface area contributed by atoms with Crippen LogP contribution in [0.25, 0.3) is 5.57 Å². The topological polar surface area (TPSA) is 102 Å². The van der Waals surface area contributed by atoms with Gasteiger partial charge in [0.15, 0.2) is 0 Å². The first-order valence-corrected chi connectivity index (χ1v) is 7.62. The molecule has 0 fully saturated rings. The third-order valence-electron chi connectivity index (χ3n) is 3.39. The Hall–Kier alpha value is -2.22. The first kappa shape index (κ1) is 13.7. The van der Waals surface area contributed by atoms with Crippen LogP contribution in [0.2, 0.25) is 0 Å². The third kappa shape index (κ3) is 3.27. The third-order valence-corrected chi connectivity index (χ3v) is 4.26. The Morgan fingerprint density at radius 2 is 2.05 bits per heavy atom. The van der Waals surface area contributed by atoms with Crippen molar-refractivity contribution < 1.29 is 0 Å². The van der Waals surface area contributed by atoms with Crippen molar-refractivity contribution in [2.45, 2.75) is 25.3 Å². The molecule has 1 aliphatic carbocycles. The van der Waals surface area contributed by atoms with Crippen LogP contribution in [-0.2, 0) is 0 Å². The van der Waals surface area contributed by atoms with E-state index in [4.69, 9.17) is 5.73 Å². The number of rotatable bonds is 4. The van der Waals surface area contributed by atoms with Crippen molar-refractivity contribution in [2.24, 2.45) is 0 Å². The molecular formula is C13H17N7S. The van der Waals surface area contributed by atoms with E-state index in [0.29, 0.717) is 11.9 Å². The lowest BCUT2D eigenvalue weighted by Crippen LogP contribution is -2.21. The van der Waals surface area contributed by atoms with Crippen molar-refractivity contribution in [3.05, 3.63) is 23.9 Å². The van der Waals surface area contributed by atoms with Gasteiger partial charge in [-0.05, 0) is 37.0 Å². The molecule has 1 atom stereocenters. The predicted molar refractivity (Wildman–Crippen MR) is 85.1 cm³/mol. The normalized spacial score (nSPS) is 18.1. The SMILES string of the molecule is CNc1nnc(N[C@@H]2CC=C(c3ccc(N)nn3)CC2)s1. The van der Waals surface area contributed by atoms with Crippen molar-refractivity contribution in [3.63, 3.8) is 0 Å². The van der Waals surface area contributed by atoms with E-state index in [9.17, 15) is 0 Å². The summed E-state index contributed by atoms with van der Waals surface area (Å²) in [6, 6.07) is 4.09. The van der Waals surface area contributed by atoms with Gasteiger partial charge in [-0.3, -0.25) is 0 Å². The van der Waals surface area contributed by atoms with E-state index >= 15 is 0 Å². The number of nitrogens with zero attached hydrogens (tertiary/aromatic N) is 4. The summed E-state index contributed by atoms with van der Waals surface area (Å²) in [6.07, 6.45) is 5.15. The van der Waals surface area contributed by atoms with E-state index in [2.05, 4.69) is 37.1 Å². The molecule has 2 aromatic rings. The number of nitrogens with two attached hydrogens (primary N) is 1. The maximum atomic E-state index is 5.56. The number of anilines is 3. The van der Waals surface area contributed by atoms with Gasteiger partial charge < -0.3 is 16.4 Å². The first-order chi connectivity index (χ1) is 10.2. The van der Waals surface area contributed by atoms with Crippen LogP contribution in [0.4, 0.5) is 16.1 Å². The average Bonchev–Trinajstić information content (AvgIpc) is 2.97. The summed E-state index contributed by atoms with van der Waals surface area (Å²) in [6.45, 7) is 0. The summed E-state index contributed by atoms with van der Waals surface area (Å²) in [4.78, 5) is 0. The molecule has 7 nitrogen and oxygen atoms in total. The van der Waals surface area contributed by atoms with Crippen LogP contribution in [0.5, 0.6) is 0 Å². The Kier molecular flexibility index (Phi) is 3.96. The van der Waals surface area contributed by atoms with Crippen molar-refractivity contribution >= 4 is 33.0 Å². The van der Waals surface area contributed by atoms with Gasteiger partial charge in [-0.15, -0.1) is 20.4 Å². The highest BCUT2D eigenvalue weighted by Gasteiger charge is 2.17. The number of nitrogens with one attached hydrogen (secondary N) is 2. The largest absolute Gasteiger partial charge is 0.382 e. The molecule has 0 bridgehead atoms. The van der Waals surface area contributed by atoms with Gasteiger partial charge in [0.2, 0.25) is 10.3 Å². The van der Waals surface area contributed by atoms with Crippen LogP contribution < -0.4 is 16.4 Å².